The first-order valence-corrected chi connectivity index (χ1v) is 7.48. The van der Waals surface area contributed by atoms with E-state index in [2.05, 4.69) is 5.32 Å². The van der Waals surface area contributed by atoms with Crippen LogP contribution in [0, 0.1) is 0 Å². The summed E-state index contributed by atoms with van der Waals surface area (Å²) in [5.74, 6) is -1.65. The second-order valence-corrected chi connectivity index (χ2v) is 5.40. The molecule has 4 amide bonds. The van der Waals surface area contributed by atoms with Crippen LogP contribution >= 0.6 is 0 Å². The number of nitrogens with one attached hydrogen (secondary N) is 1. The molecule has 8 heteroatoms. The van der Waals surface area contributed by atoms with Gasteiger partial charge in [0.25, 0.3) is 11.8 Å². The molecule has 0 aliphatic carbocycles. The van der Waals surface area contributed by atoms with Crippen molar-refractivity contribution >= 4 is 29.6 Å². The monoisotopic (exact) mass is 354 g/mol. The number of nitrogens with zero attached hydrogens (tertiary/aromatic N) is 1. The molecule has 3 N–H and O–H groups in total. The van der Waals surface area contributed by atoms with Crippen molar-refractivity contribution in [2.45, 2.75) is 0 Å². The van der Waals surface area contributed by atoms with Gasteiger partial charge < -0.3 is 14.9 Å². The van der Waals surface area contributed by atoms with E-state index in [9.17, 15) is 24.6 Å². The maximum atomic E-state index is 12.7. The van der Waals surface area contributed by atoms with E-state index >= 15 is 0 Å². The summed E-state index contributed by atoms with van der Waals surface area (Å²) in [5, 5.41) is 21.3. The number of urea groups is 1. The number of amides is 4. The molecule has 0 saturated carbocycles. The predicted octanol–water partition coefficient (Wildman–Crippen LogP) is 1.77. The standard InChI is InChI=1S/C18H14N2O6/c1-26-13-6-3-11(4-7-13)20-17(24)14(16(23)19-18(20)25)8-10-2-5-12(21)9-15(10)22/h2-9,21-22H,1H3,(H,19,23,25)/b14-8+. The SMILES string of the molecule is COc1ccc(N2C(=O)NC(=O)/C(=C\c3ccc(O)cc3O)C2=O)cc1. The molecule has 1 heterocycles. The van der Waals surface area contributed by atoms with Gasteiger partial charge in [-0.1, -0.05) is 0 Å². The summed E-state index contributed by atoms with van der Waals surface area (Å²) in [7, 11) is 1.48. The molecule has 1 fully saturated rings. The summed E-state index contributed by atoms with van der Waals surface area (Å²) in [4.78, 5) is 37.7. The van der Waals surface area contributed by atoms with Crippen LogP contribution in [-0.2, 0) is 9.59 Å². The Bertz CT molecular complexity index is 933. The Hall–Kier alpha value is -3.81. The molecule has 2 aromatic carbocycles. The number of hydrogen-bond donors (Lipinski definition) is 3. The number of imide groups is 2. The van der Waals surface area contributed by atoms with Crippen LogP contribution in [0.4, 0.5) is 10.5 Å². The highest BCUT2D eigenvalue weighted by molar-refractivity contribution is 6.39. The number of ether oxygens (including phenoxy) is 1. The highest BCUT2D eigenvalue weighted by Crippen LogP contribution is 2.27. The van der Waals surface area contributed by atoms with Crippen molar-refractivity contribution in [2.24, 2.45) is 0 Å². The van der Waals surface area contributed by atoms with Gasteiger partial charge in [0.1, 0.15) is 22.8 Å². The van der Waals surface area contributed by atoms with E-state index < -0.39 is 17.8 Å². The van der Waals surface area contributed by atoms with Crippen LogP contribution in [0.5, 0.6) is 17.2 Å². The number of phenolic OH excluding ortho intramolecular Hbond substituents is 2. The Morgan fingerprint density at radius 3 is 2.35 bits per heavy atom. The van der Waals surface area contributed by atoms with Gasteiger partial charge in [-0.25, -0.2) is 9.69 Å². The van der Waals surface area contributed by atoms with Crippen molar-refractivity contribution < 1.29 is 29.3 Å². The zero-order valence-corrected chi connectivity index (χ0v) is 13.6. The number of aromatic hydroxyl groups is 2. The lowest BCUT2D eigenvalue weighted by atomic mass is 10.1. The minimum atomic E-state index is -0.878. The minimum absolute atomic E-state index is 0.144. The van der Waals surface area contributed by atoms with E-state index in [1.165, 1.54) is 31.4 Å². The first-order chi connectivity index (χ1) is 12.4. The highest BCUT2D eigenvalue weighted by atomic mass is 16.5. The fourth-order valence-electron chi connectivity index (χ4n) is 2.43. The fourth-order valence-corrected chi connectivity index (χ4v) is 2.43. The van der Waals surface area contributed by atoms with Crippen LogP contribution in [0.2, 0.25) is 0 Å². The molecule has 0 bridgehead atoms. The van der Waals surface area contributed by atoms with E-state index in [0.717, 1.165) is 17.0 Å². The molecular weight excluding hydrogens is 340 g/mol. The quantitative estimate of drug-likeness (QED) is 0.571. The summed E-state index contributed by atoms with van der Waals surface area (Å²) < 4.78 is 5.03. The molecule has 8 nitrogen and oxygen atoms in total. The van der Waals surface area contributed by atoms with Gasteiger partial charge in [-0.05, 0) is 42.5 Å². The van der Waals surface area contributed by atoms with Crippen LogP contribution in [0.25, 0.3) is 6.08 Å². The Morgan fingerprint density at radius 2 is 1.73 bits per heavy atom. The average Bonchev–Trinajstić information content (AvgIpc) is 2.60. The fraction of sp³-hybridized carbons (Fsp3) is 0.0556. The number of phenols is 2. The first-order valence-electron chi connectivity index (χ1n) is 7.48. The van der Waals surface area contributed by atoms with Gasteiger partial charge in [-0.15, -0.1) is 0 Å². The summed E-state index contributed by atoms with van der Waals surface area (Å²) in [6.45, 7) is 0. The number of carbonyl (C=O) groups excluding carboxylic acids is 3. The van der Waals surface area contributed by atoms with E-state index in [1.807, 2.05) is 0 Å². The topological polar surface area (TPSA) is 116 Å². The summed E-state index contributed by atoms with van der Waals surface area (Å²) in [6, 6.07) is 8.98. The van der Waals surface area contributed by atoms with Crippen LogP contribution < -0.4 is 15.0 Å². The Kier molecular flexibility index (Phi) is 4.32. The van der Waals surface area contributed by atoms with Gasteiger partial charge in [0, 0.05) is 11.6 Å². The van der Waals surface area contributed by atoms with Crippen molar-refractivity contribution in [3.63, 3.8) is 0 Å². The van der Waals surface area contributed by atoms with Crippen molar-refractivity contribution in [3.05, 3.63) is 53.6 Å². The van der Waals surface area contributed by atoms with E-state index in [0.29, 0.717) is 5.75 Å². The van der Waals surface area contributed by atoms with Crippen molar-refractivity contribution in [2.75, 3.05) is 12.0 Å². The molecule has 1 saturated heterocycles. The molecule has 132 valence electrons. The Balaban J connectivity index is 2.00. The molecule has 0 spiro atoms. The van der Waals surface area contributed by atoms with Crippen LogP contribution in [0.15, 0.2) is 48.0 Å². The van der Waals surface area contributed by atoms with Crippen molar-refractivity contribution in [1.82, 2.24) is 5.32 Å². The zero-order chi connectivity index (χ0) is 18.8. The zero-order valence-electron chi connectivity index (χ0n) is 13.6. The number of barbiturate groups is 1. The summed E-state index contributed by atoms with van der Waals surface area (Å²) in [5.41, 5.74) is 0.0633. The lowest BCUT2D eigenvalue weighted by Gasteiger charge is -2.26. The summed E-state index contributed by atoms with van der Waals surface area (Å²) >= 11 is 0. The van der Waals surface area contributed by atoms with Gasteiger partial charge in [0.2, 0.25) is 0 Å². The molecule has 0 radical (unpaired) electrons. The molecule has 2 aromatic rings. The number of benzene rings is 2. The highest BCUT2D eigenvalue weighted by Gasteiger charge is 2.36. The van der Waals surface area contributed by atoms with Gasteiger partial charge >= 0.3 is 6.03 Å². The molecule has 3 rings (SSSR count). The molecule has 1 aliphatic heterocycles. The second-order valence-electron chi connectivity index (χ2n) is 5.40. The third kappa shape index (κ3) is 3.07. The largest absolute Gasteiger partial charge is 0.508 e. The maximum absolute atomic E-state index is 12.7. The summed E-state index contributed by atoms with van der Waals surface area (Å²) in [6.07, 6.45) is 1.15. The smallest absolute Gasteiger partial charge is 0.335 e. The number of methoxy groups -OCH3 is 1. The van der Waals surface area contributed by atoms with Crippen molar-refractivity contribution in [3.8, 4) is 17.2 Å². The average molecular weight is 354 g/mol. The molecule has 0 unspecified atom stereocenters. The second kappa shape index (κ2) is 6.60. The molecule has 0 aromatic heterocycles. The van der Waals surface area contributed by atoms with Crippen LogP contribution in [-0.4, -0.2) is 35.2 Å². The first kappa shape index (κ1) is 17.0. The van der Waals surface area contributed by atoms with E-state index in [4.69, 9.17) is 4.74 Å². The molecular formula is C18H14N2O6. The van der Waals surface area contributed by atoms with Gasteiger partial charge in [-0.2, -0.15) is 0 Å². The van der Waals surface area contributed by atoms with E-state index in [-0.39, 0.29) is 28.3 Å². The van der Waals surface area contributed by atoms with Gasteiger partial charge in [-0.3, -0.25) is 14.9 Å². The Morgan fingerprint density at radius 1 is 1.04 bits per heavy atom. The third-order valence-electron chi connectivity index (χ3n) is 3.75. The Labute approximate surface area is 147 Å². The molecule has 26 heavy (non-hydrogen) atoms. The van der Waals surface area contributed by atoms with Crippen LogP contribution in [0.1, 0.15) is 5.56 Å². The number of carbonyl (C=O) groups is 3. The maximum Gasteiger partial charge on any atom is 0.335 e. The lowest BCUT2D eigenvalue weighted by Crippen LogP contribution is -2.54. The van der Waals surface area contributed by atoms with Crippen LogP contribution in [0.3, 0.4) is 0 Å². The van der Waals surface area contributed by atoms with E-state index in [1.54, 1.807) is 12.1 Å². The molecule has 0 atom stereocenters. The molecule has 1 aliphatic rings. The number of rotatable bonds is 3. The van der Waals surface area contributed by atoms with Crippen molar-refractivity contribution in [1.29, 1.82) is 0 Å². The minimum Gasteiger partial charge on any atom is -0.508 e. The number of anilines is 1. The van der Waals surface area contributed by atoms with Gasteiger partial charge in [0.05, 0.1) is 12.8 Å². The third-order valence-corrected chi connectivity index (χ3v) is 3.75. The van der Waals surface area contributed by atoms with Gasteiger partial charge in [0.15, 0.2) is 0 Å². The lowest BCUT2D eigenvalue weighted by molar-refractivity contribution is -0.122. The number of hydrogen-bond acceptors (Lipinski definition) is 6. The normalized spacial score (nSPS) is 16.0. The predicted molar refractivity (Wildman–Crippen MR) is 91.8 cm³/mol.